The van der Waals surface area contributed by atoms with E-state index in [1.54, 1.807) is 12.1 Å². The number of allylic oxidation sites excluding steroid dienone is 2. The molecule has 1 heterocycles. The summed E-state index contributed by atoms with van der Waals surface area (Å²) >= 11 is 0. The molecule has 0 amide bonds. The normalized spacial score (nSPS) is 29.4. The minimum Gasteiger partial charge on any atom is -0.373 e. The lowest BCUT2D eigenvalue weighted by molar-refractivity contribution is -0.126. The Labute approximate surface area is 177 Å². The second-order valence-corrected chi connectivity index (χ2v) is 9.00. The second-order valence-electron chi connectivity index (χ2n) is 9.00. The molecular formula is C25H34F4O. The van der Waals surface area contributed by atoms with Crippen LogP contribution < -0.4 is 0 Å². The number of alkyl halides is 2. The van der Waals surface area contributed by atoms with Crippen molar-refractivity contribution >= 4 is 0 Å². The first-order chi connectivity index (χ1) is 14.4. The van der Waals surface area contributed by atoms with Crippen LogP contribution in [0.15, 0.2) is 24.3 Å². The number of halogens is 4. The Balaban J connectivity index is 1.59. The number of aryl methyl sites for hydroxylation is 1. The minimum atomic E-state index is -2.60. The van der Waals surface area contributed by atoms with Gasteiger partial charge in [0, 0.05) is 17.9 Å². The third-order valence-electron chi connectivity index (χ3n) is 6.99. The van der Waals surface area contributed by atoms with Gasteiger partial charge in [0.1, 0.15) is 0 Å². The van der Waals surface area contributed by atoms with Crippen molar-refractivity contribution in [3.63, 3.8) is 0 Å². The van der Waals surface area contributed by atoms with Gasteiger partial charge >= 0.3 is 0 Å². The molecule has 168 valence electrons. The van der Waals surface area contributed by atoms with Crippen molar-refractivity contribution in [3.8, 4) is 0 Å². The first kappa shape index (κ1) is 23.3. The molecule has 30 heavy (non-hydrogen) atoms. The number of ether oxygens (including phenoxy) is 1. The maximum Gasteiger partial charge on any atom is 0.251 e. The molecule has 2 fully saturated rings. The first-order valence-corrected chi connectivity index (χ1v) is 11.4. The van der Waals surface area contributed by atoms with E-state index >= 15 is 0 Å². The lowest BCUT2D eigenvalue weighted by Crippen LogP contribution is -2.40. The van der Waals surface area contributed by atoms with E-state index < -0.39 is 29.6 Å². The topological polar surface area (TPSA) is 9.23 Å². The number of rotatable bonds is 7. The van der Waals surface area contributed by atoms with Crippen LogP contribution in [-0.4, -0.2) is 12.5 Å². The molecule has 4 unspecified atom stereocenters. The highest BCUT2D eigenvalue weighted by Crippen LogP contribution is 2.48. The Kier molecular flexibility index (Phi) is 8.00. The molecule has 1 saturated carbocycles. The summed E-state index contributed by atoms with van der Waals surface area (Å²) in [6, 6.07) is 3.26. The van der Waals surface area contributed by atoms with Crippen LogP contribution in [0.25, 0.3) is 0 Å². The summed E-state index contributed by atoms with van der Waals surface area (Å²) in [7, 11) is 0. The third kappa shape index (κ3) is 5.27. The third-order valence-corrected chi connectivity index (χ3v) is 6.99. The molecule has 1 nitrogen and oxygen atoms in total. The maximum atomic E-state index is 14.7. The van der Waals surface area contributed by atoms with Crippen LogP contribution >= 0.6 is 0 Å². The van der Waals surface area contributed by atoms with Gasteiger partial charge in [-0.3, -0.25) is 0 Å². The van der Waals surface area contributed by atoms with Gasteiger partial charge in [0.15, 0.2) is 11.6 Å². The molecule has 0 N–H and O–H groups in total. The monoisotopic (exact) mass is 426 g/mol. The van der Waals surface area contributed by atoms with Gasteiger partial charge in [-0.15, -0.1) is 0 Å². The predicted molar refractivity (Wildman–Crippen MR) is 112 cm³/mol. The number of hydrogen-bond donors (Lipinski definition) is 0. The van der Waals surface area contributed by atoms with Crippen molar-refractivity contribution in [2.45, 2.75) is 83.7 Å². The molecule has 1 saturated heterocycles. The lowest BCUT2D eigenvalue weighted by Gasteiger charge is -2.41. The SMILES string of the molecule is C/C=C/CCc1ccc(C2CCC(C3CCC(CCC)C(F)(F)C3)CO2)c(F)c1F. The van der Waals surface area contributed by atoms with Crippen molar-refractivity contribution < 1.29 is 22.3 Å². The van der Waals surface area contributed by atoms with Gasteiger partial charge in [-0.25, -0.2) is 17.6 Å². The average molecular weight is 427 g/mol. The zero-order chi connectivity index (χ0) is 21.7. The molecular weight excluding hydrogens is 392 g/mol. The molecule has 1 aromatic carbocycles. The van der Waals surface area contributed by atoms with Gasteiger partial charge in [0.2, 0.25) is 0 Å². The average Bonchev–Trinajstić information content (AvgIpc) is 2.73. The van der Waals surface area contributed by atoms with E-state index in [9.17, 15) is 17.6 Å². The Hall–Kier alpha value is -1.36. The van der Waals surface area contributed by atoms with E-state index in [0.717, 1.165) is 12.8 Å². The van der Waals surface area contributed by atoms with Crippen LogP contribution in [0.4, 0.5) is 17.6 Å². The first-order valence-electron chi connectivity index (χ1n) is 11.4. The predicted octanol–water partition coefficient (Wildman–Crippen LogP) is 7.79. The van der Waals surface area contributed by atoms with Crippen LogP contribution in [0.1, 0.15) is 82.4 Å². The largest absolute Gasteiger partial charge is 0.373 e. The van der Waals surface area contributed by atoms with E-state index in [4.69, 9.17) is 4.74 Å². The molecule has 0 radical (unpaired) electrons. The molecule has 0 aromatic heterocycles. The Morgan fingerprint density at radius 2 is 1.83 bits per heavy atom. The summed E-state index contributed by atoms with van der Waals surface area (Å²) in [4.78, 5) is 0. The van der Waals surface area contributed by atoms with Gasteiger partial charge in [0.05, 0.1) is 12.7 Å². The quantitative estimate of drug-likeness (QED) is 0.319. The molecule has 0 spiro atoms. The second kappa shape index (κ2) is 10.3. The van der Waals surface area contributed by atoms with Crippen molar-refractivity contribution in [1.82, 2.24) is 0 Å². The summed E-state index contributed by atoms with van der Waals surface area (Å²) in [6.45, 7) is 4.19. The minimum absolute atomic E-state index is 0.0513. The van der Waals surface area contributed by atoms with Crippen LogP contribution in [-0.2, 0) is 11.2 Å². The standard InChI is InChI=1S/C25H34F4O/c1-3-5-6-8-17-10-13-21(24(27)23(17)26)22-14-11-19(16-30-22)18-9-12-20(7-4-2)25(28,29)15-18/h3,5,10,13,18-20,22H,4,6-9,11-12,14-16H2,1-2H3/b5-3+. The number of hydrogen-bond acceptors (Lipinski definition) is 1. The van der Waals surface area contributed by atoms with Gasteiger partial charge in [-0.1, -0.05) is 37.6 Å². The Bertz CT molecular complexity index is 722. The summed E-state index contributed by atoms with van der Waals surface area (Å²) in [6.07, 6.45) is 8.37. The fraction of sp³-hybridized carbons (Fsp3) is 0.680. The Morgan fingerprint density at radius 1 is 1.07 bits per heavy atom. The van der Waals surface area contributed by atoms with Crippen molar-refractivity contribution in [3.05, 3.63) is 47.0 Å². The highest BCUT2D eigenvalue weighted by atomic mass is 19.3. The van der Waals surface area contributed by atoms with E-state index in [2.05, 4.69) is 0 Å². The van der Waals surface area contributed by atoms with Crippen LogP contribution in [0.5, 0.6) is 0 Å². The molecule has 0 bridgehead atoms. The zero-order valence-electron chi connectivity index (χ0n) is 18.1. The van der Waals surface area contributed by atoms with Crippen molar-refractivity contribution in [2.75, 3.05) is 6.61 Å². The Morgan fingerprint density at radius 3 is 2.47 bits per heavy atom. The van der Waals surface area contributed by atoms with Gasteiger partial charge in [-0.2, -0.15) is 0 Å². The highest BCUT2D eigenvalue weighted by molar-refractivity contribution is 5.28. The molecule has 1 aromatic rings. The van der Waals surface area contributed by atoms with E-state index in [1.807, 2.05) is 26.0 Å². The van der Waals surface area contributed by atoms with Gasteiger partial charge in [-0.05, 0) is 69.3 Å². The summed E-state index contributed by atoms with van der Waals surface area (Å²) in [5, 5.41) is 0. The van der Waals surface area contributed by atoms with Crippen LogP contribution in [0.3, 0.4) is 0 Å². The zero-order valence-corrected chi connectivity index (χ0v) is 18.1. The molecule has 1 aliphatic carbocycles. The van der Waals surface area contributed by atoms with E-state index in [1.165, 1.54) is 0 Å². The summed E-state index contributed by atoms with van der Waals surface area (Å²) < 4.78 is 64.0. The van der Waals surface area contributed by atoms with Gasteiger partial charge in [0.25, 0.3) is 5.92 Å². The maximum absolute atomic E-state index is 14.7. The molecule has 1 aliphatic heterocycles. The molecule has 2 aliphatic rings. The van der Waals surface area contributed by atoms with E-state index in [0.29, 0.717) is 50.7 Å². The van der Waals surface area contributed by atoms with Crippen LogP contribution in [0.2, 0.25) is 0 Å². The molecule has 4 atom stereocenters. The van der Waals surface area contributed by atoms with Crippen molar-refractivity contribution in [1.29, 1.82) is 0 Å². The van der Waals surface area contributed by atoms with E-state index in [-0.39, 0.29) is 23.8 Å². The fourth-order valence-corrected chi connectivity index (χ4v) is 5.19. The fourth-order valence-electron chi connectivity index (χ4n) is 5.19. The smallest absolute Gasteiger partial charge is 0.251 e. The summed E-state index contributed by atoms with van der Waals surface area (Å²) in [5.74, 6) is -4.71. The highest BCUT2D eigenvalue weighted by Gasteiger charge is 2.46. The molecule has 3 rings (SSSR count). The van der Waals surface area contributed by atoms with Gasteiger partial charge < -0.3 is 4.74 Å². The summed E-state index contributed by atoms with van der Waals surface area (Å²) in [5.41, 5.74) is 0.617. The molecule has 5 heteroatoms. The number of benzene rings is 1. The van der Waals surface area contributed by atoms with Crippen LogP contribution in [0, 0.1) is 29.4 Å². The lowest BCUT2D eigenvalue weighted by atomic mass is 9.71. The van der Waals surface area contributed by atoms with Crippen molar-refractivity contribution in [2.24, 2.45) is 17.8 Å².